The minimum atomic E-state index is -0.400. The highest BCUT2D eigenvalue weighted by atomic mass is 32.2. The van der Waals surface area contributed by atoms with Crippen molar-refractivity contribution in [1.82, 2.24) is 14.8 Å². The molecule has 1 amide bonds. The Balaban J connectivity index is 1.50. The molecule has 1 aliphatic rings. The predicted molar refractivity (Wildman–Crippen MR) is 112 cm³/mol. The van der Waals surface area contributed by atoms with E-state index in [1.54, 1.807) is 19.1 Å². The minimum absolute atomic E-state index is 0.104. The van der Waals surface area contributed by atoms with Gasteiger partial charge in [-0.1, -0.05) is 23.9 Å². The Hall–Kier alpha value is -3.33. The number of carbonyl (C=O) groups excluding carboxylic acids is 1. The Morgan fingerprint density at radius 3 is 2.93 bits per heavy atom. The van der Waals surface area contributed by atoms with Gasteiger partial charge in [-0.3, -0.25) is 9.36 Å². The van der Waals surface area contributed by atoms with Crippen LogP contribution in [0.25, 0.3) is 11.4 Å². The van der Waals surface area contributed by atoms with E-state index in [-0.39, 0.29) is 18.5 Å². The molecule has 3 aromatic rings. The van der Waals surface area contributed by atoms with Crippen LogP contribution in [0.5, 0.6) is 11.5 Å². The van der Waals surface area contributed by atoms with Gasteiger partial charge >= 0.3 is 0 Å². The second-order valence-corrected chi connectivity index (χ2v) is 7.51. The molecule has 2 aromatic carbocycles. The van der Waals surface area contributed by atoms with E-state index in [1.807, 2.05) is 22.8 Å². The molecule has 0 unspecified atom stereocenters. The number of allylic oxidation sites excluding steroid dienone is 1. The van der Waals surface area contributed by atoms with E-state index in [0.29, 0.717) is 34.7 Å². The van der Waals surface area contributed by atoms with Gasteiger partial charge in [-0.05, 0) is 42.8 Å². The number of aryl methyl sites for hydroxylation is 1. The molecule has 9 heteroatoms. The largest absolute Gasteiger partial charge is 0.454 e. The molecular weight excluding hydrogens is 407 g/mol. The molecule has 30 heavy (non-hydrogen) atoms. The number of nitrogens with zero attached hydrogens (tertiary/aromatic N) is 3. The van der Waals surface area contributed by atoms with E-state index in [0.717, 1.165) is 11.1 Å². The van der Waals surface area contributed by atoms with Gasteiger partial charge in [0.15, 0.2) is 22.5 Å². The third-order valence-electron chi connectivity index (χ3n) is 4.47. The van der Waals surface area contributed by atoms with Crippen molar-refractivity contribution in [1.29, 1.82) is 0 Å². The zero-order valence-electron chi connectivity index (χ0n) is 16.2. The van der Waals surface area contributed by atoms with E-state index in [4.69, 9.17) is 9.47 Å². The lowest BCUT2D eigenvalue weighted by Crippen LogP contribution is -2.15. The van der Waals surface area contributed by atoms with E-state index < -0.39 is 5.82 Å². The van der Waals surface area contributed by atoms with Crippen molar-refractivity contribution in [3.8, 4) is 22.9 Å². The van der Waals surface area contributed by atoms with E-state index in [1.165, 1.54) is 23.9 Å². The second kappa shape index (κ2) is 8.58. The summed E-state index contributed by atoms with van der Waals surface area (Å²) < 4.78 is 26.1. The second-order valence-electron chi connectivity index (χ2n) is 6.57. The number of carbonyl (C=O) groups is 1. The van der Waals surface area contributed by atoms with E-state index in [2.05, 4.69) is 22.1 Å². The summed E-state index contributed by atoms with van der Waals surface area (Å²) in [4.78, 5) is 12.4. The molecule has 0 radical (unpaired) electrons. The highest BCUT2D eigenvalue weighted by Gasteiger charge is 2.19. The summed E-state index contributed by atoms with van der Waals surface area (Å²) in [7, 11) is 0. The molecule has 154 valence electrons. The quantitative estimate of drug-likeness (QED) is 0.454. The standard InChI is InChI=1S/C21H19FN4O3S/c1-3-8-26-20(14-5-7-17-18(9-14)29-12-28-17)24-25-21(26)30-11-19(27)23-16-10-15(22)6-4-13(16)2/h3-7,9-10H,1,8,11-12H2,2H3,(H,23,27). The SMILES string of the molecule is C=CCn1c(SCC(=O)Nc2cc(F)ccc2C)nnc1-c1ccc2c(c1)OCO2. The van der Waals surface area contributed by atoms with Crippen molar-refractivity contribution >= 4 is 23.4 Å². The average molecular weight is 426 g/mol. The van der Waals surface area contributed by atoms with Crippen molar-refractivity contribution in [2.75, 3.05) is 17.9 Å². The van der Waals surface area contributed by atoms with Crippen LogP contribution in [-0.2, 0) is 11.3 Å². The van der Waals surface area contributed by atoms with Crippen molar-refractivity contribution in [2.45, 2.75) is 18.6 Å². The fourth-order valence-electron chi connectivity index (χ4n) is 2.98. The van der Waals surface area contributed by atoms with Crippen LogP contribution in [0.3, 0.4) is 0 Å². The number of benzene rings is 2. The molecule has 0 saturated carbocycles. The highest BCUT2D eigenvalue weighted by molar-refractivity contribution is 7.99. The topological polar surface area (TPSA) is 78.3 Å². The van der Waals surface area contributed by atoms with Crippen LogP contribution < -0.4 is 14.8 Å². The van der Waals surface area contributed by atoms with Crippen LogP contribution in [-0.4, -0.2) is 33.2 Å². The van der Waals surface area contributed by atoms with E-state index in [9.17, 15) is 9.18 Å². The molecule has 0 fully saturated rings. The van der Waals surface area contributed by atoms with Crippen LogP contribution in [0, 0.1) is 12.7 Å². The summed E-state index contributed by atoms with van der Waals surface area (Å²) in [5, 5.41) is 11.8. The predicted octanol–water partition coefficient (Wildman–Crippen LogP) is 4.04. The number of hydrogen-bond acceptors (Lipinski definition) is 6. The first-order valence-electron chi connectivity index (χ1n) is 9.18. The van der Waals surface area contributed by atoms with Crippen molar-refractivity contribution in [3.63, 3.8) is 0 Å². The number of fused-ring (bicyclic) bond motifs is 1. The van der Waals surface area contributed by atoms with Crippen molar-refractivity contribution in [2.24, 2.45) is 0 Å². The maximum absolute atomic E-state index is 13.4. The molecule has 0 spiro atoms. The monoisotopic (exact) mass is 426 g/mol. The summed E-state index contributed by atoms with van der Waals surface area (Å²) in [5.74, 6) is 1.42. The number of aromatic nitrogens is 3. The van der Waals surface area contributed by atoms with Gasteiger partial charge in [-0.2, -0.15) is 0 Å². The van der Waals surface area contributed by atoms with Crippen LogP contribution >= 0.6 is 11.8 Å². The number of rotatable bonds is 7. The summed E-state index contributed by atoms with van der Waals surface area (Å²) in [5.41, 5.74) is 2.06. The van der Waals surface area contributed by atoms with Gasteiger partial charge in [0, 0.05) is 17.8 Å². The molecule has 4 rings (SSSR count). The molecule has 1 aliphatic heterocycles. The number of nitrogens with one attached hydrogen (secondary N) is 1. The lowest BCUT2D eigenvalue weighted by Gasteiger charge is -2.10. The van der Waals surface area contributed by atoms with Gasteiger partial charge in [0.1, 0.15) is 5.82 Å². The Morgan fingerprint density at radius 2 is 2.10 bits per heavy atom. The number of amides is 1. The maximum atomic E-state index is 13.4. The van der Waals surface area contributed by atoms with Gasteiger partial charge < -0.3 is 14.8 Å². The number of thioether (sulfide) groups is 1. The summed E-state index contributed by atoms with van der Waals surface area (Å²) >= 11 is 1.25. The number of ether oxygens (including phenoxy) is 2. The first-order chi connectivity index (χ1) is 14.5. The van der Waals surface area contributed by atoms with Crippen molar-refractivity contribution < 1.29 is 18.7 Å². The summed E-state index contributed by atoms with van der Waals surface area (Å²) in [6.07, 6.45) is 1.74. The molecule has 2 heterocycles. The van der Waals surface area contributed by atoms with Crippen LogP contribution in [0.4, 0.5) is 10.1 Å². The Morgan fingerprint density at radius 1 is 1.27 bits per heavy atom. The molecule has 1 N–H and O–H groups in total. The molecule has 0 atom stereocenters. The molecular formula is C21H19FN4O3S. The molecule has 0 bridgehead atoms. The lowest BCUT2D eigenvalue weighted by atomic mass is 10.2. The smallest absolute Gasteiger partial charge is 0.234 e. The first-order valence-corrected chi connectivity index (χ1v) is 10.2. The zero-order valence-corrected chi connectivity index (χ0v) is 17.0. The fourth-order valence-corrected chi connectivity index (χ4v) is 3.73. The summed E-state index contributed by atoms with van der Waals surface area (Å²) in [6.45, 7) is 6.27. The molecule has 1 aromatic heterocycles. The van der Waals surface area contributed by atoms with Crippen LogP contribution in [0.15, 0.2) is 54.2 Å². The van der Waals surface area contributed by atoms with E-state index >= 15 is 0 Å². The van der Waals surface area contributed by atoms with Gasteiger partial charge in [-0.15, -0.1) is 16.8 Å². The van der Waals surface area contributed by atoms with Gasteiger partial charge in [-0.25, -0.2) is 4.39 Å². The average Bonchev–Trinajstić information content (AvgIpc) is 3.36. The Labute approximate surface area is 176 Å². The fraction of sp³-hybridized carbons (Fsp3) is 0.190. The Bertz CT molecular complexity index is 1120. The number of halogens is 1. The third-order valence-corrected chi connectivity index (χ3v) is 5.43. The first kappa shape index (κ1) is 20.0. The maximum Gasteiger partial charge on any atom is 0.234 e. The zero-order chi connectivity index (χ0) is 21.1. The Kier molecular flexibility index (Phi) is 5.71. The van der Waals surface area contributed by atoms with Crippen molar-refractivity contribution in [3.05, 3.63) is 60.4 Å². The minimum Gasteiger partial charge on any atom is -0.454 e. The highest BCUT2D eigenvalue weighted by Crippen LogP contribution is 2.36. The van der Waals surface area contributed by atoms with Gasteiger partial charge in [0.25, 0.3) is 0 Å². The third kappa shape index (κ3) is 4.16. The molecule has 0 saturated heterocycles. The van der Waals surface area contributed by atoms with Crippen LogP contribution in [0.2, 0.25) is 0 Å². The van der Waals surface area contributed by atoms with Crippen LogP contribution in [0.1, 0.15) is 5.56 Å². The molecule has 7 nitrogen and oxygen atoms in total. The number of anilines is 1. The van der Waals surface area contributed by atoms with Gasteiger partial charge in [0.05, 0.1) is 5.75 Å². The van der Waals surface area contributed by atoms with Gasteiger partial charge in [0.2, 0.25) is 12.7 Å². The molecule has 0 aliphatic carbocycles. The summed E-state index contributed by atoms with van der Waals surface area (Å²) in [6, 6.07) is 9.83. The number of hydrogen-bond donors (Lipinski definition) is 1. The lowest BCUT2D eigenvalue weighted by molar-refractivity contribution is -0.113. The normalized spacial score (nSPS) is 12.1.